The van der Waals surface area contributed by atoms with E-state index < -0.39 is 0 Å². The van der Waals surface area contributed by atoms with Crippen molar-refractivity contribution in [3.8, 4) is 11.1 Å². The molecular weight excluding hydrogens is 504 g/mol. The summed E-state index contributed by atoms with van der Waals surface area (Å²) in [5, 5.41) is 3.38. The molecule has 1 N–H and O–H groups in total. The number of nitrogens with zero attached hydrogens (tertiary/aromatic N) is 5. The minimum absolute atomic E-state index is 0.0363. The molecule has 1 aliphatic heterocycles. The molecule has 5 rings (SSSR count). The molecule has 40 heavy (non-hydrogen) atoms. The van der Waals surface area contributed by atoms with Crippen molar-refractivity contribution in [1.82, 2.24) is 24.2 Å². The van der Waals surface area contributed by atoms with Gasteiger partial charge in [0.05, 0.1) is 30.9 Å². The van der Waals surface area contributed by atoms with Gasteiger partial charge in [-0.2, -0.15) is 0 Å². The number of nitrogens with one attached hydrogen (secondary N) is 1. The van der Waals surface area contributed by atoms with Gasteiger partial charge in [-0.05, 0) is 42.7 Å². The van der Waals surface area contributed by atoms with Gasteiger partial charge >= 0.3 is 0 Å². The maximum atomic E-state index is 12.9. The Hall–Kier alpha value is -4.24. The van der Waals surface area contributed by atoms with Crippen LogP contribution in [0.5, 0.6) is 0 Å². The molecule has 1 aliphatic rings. The highest BCUT2D eigenvalue weighted by Gasteiger charge is 2.19. The largest absolute Gasteiger partial charge is 0.378 e. The van der Waals surface area contributed by atoms with Crippen LogP contribution < -0.4 is 5.32 Å². The molecule has 0 bridgehead atoms. The van der Waals surface area contributed by atoms with Crippen molar-refractivity contribution in [3.63, 3.8) is 0 Å². The summed E-state index contributed by atoms with van der Waals surface area (Å²) in [5.41, 5.74) is 5.09. The van der Waals surface area contributed by atoms with Gasteiger partial charge < -0.3 is 24.3 Å². The molecule has 3 aromatic heterocycles. The number of hydrogen-bond donors (Lipinski definition) is 1. The van der Waals surface area contributed by atoms with Crippen LogP contribution in [0.4, 0.5) is 11.5 Å². The maximum absolute atomic E-state index is 12.9. The van der Waals surface area contributed by atoms with E-state index in [1.54, 1.807) is 23.4 Å². The lowest BCUT2D eigenvalue weighted by atomic mass is 10.0. The van der Waals surface area contributed by atoms with Crippen molar-refractivity contribution in [3.05, 3.63) is 78.4 Å². The van der Waals surface area contributed by atoms with Crippen LogP contribution >= 0.6 is 0 Å². The van der Waals surface area contributed by atoms with E-state index in [9.17, 15) is 9.59 Å². The molecule has 0 atom stereocenters. The highest BCUT2D eigenvalue weighted by Crippen LogP contribution is 2.28. The monoisotopic (exact) mass is 540 g/mol. The van der Waals surface area contributed by atoms with E-state index in [1.807, 2.05) is 52.9 Å². The standard InChI is InChI=1S/C31H36N6O3/c1-3-5-12-35(4-2)29(38)19-23-7-6-8-24(18-23)26-20-27(30-32-11-13-37(30)22-26)34-28-10-9-25(21-33-28)31(39)36-14-16-40-17-15-36/h6-11,13,18,20-22H,3-5,12,14-17,19H2,1-2H3,(H,33,34). The molecule has 4 aromatic rings. The van der Waals surface area contributed by atoms with E-state index in [1.165, 1.54) is 0 Å². The van der Waals surface area contributed by atoms with Gasteiger partial charge in [0.1, 0.15) is 5.82 Å². The van der Waals surface area contributed by atoms with Gasteiger partial charge in [0, 0.05) is 56.5 Å². The number of benzene rings is 1. The van der Waals surface area contributed by atoms with Gasteiger partial charge in [0.15, 0.2) is 5.65 Å². The van der Waals surface area contributed by atoms with E-state index in [2.05, 4.69) is 34.3 Å². The molecule has 1 fully saturated rings. The fourth-order valence-electron chi connectivity index (χ4n) is 4.92. The molecule has 4 heterocycles. The lowest BCUT2D eigenvalue weighted by Crippen LogP contribution is -2.40. The molecule has 0 radical (unpaired) electrons. The Morgan fingerprint density at radius 3 is 2.65 bits per heavy atom. The van der Waals surface area contributed by atoms with Crippen molar-refractivity contribution < 1.29 is 14.3 Å². The topological polar surface area (TPSA) is 92.1 Å². The number of carbonyl (C=O) groups is 2. The first-order valence-corrected chi connectivity index (χ1v) is 14.0. The average molecular weight is 541 g/mol. The third-order valence-electron chi connectivity index (χ3n) is 7.19. The Labute approximate surface area is 234 Å². The molecule has 9 heteroatoms. The third-order valence-corrected chi connectivity index (χ3v) is 7.19. The lowest BCUT2D eigenvalue weighted by Gasteiger charge is -2.26. The SMILES string of the molecule is CCCCN(CC)C(=O)Cc1cccc(-c2cc(Nc3ccc(C(=O)N4CCOCC4)cn3)c3nccn3c2)c1. The summed E-state index contributed by atoms with van der Waals surface area (Å²) < 4.78 is 7.31. The molecule has 0 spiro atoms. The van der Waals surface area contributed by atoms with Crippen molar-refractivity contribution in [1.29, 1.82) is 0 Å². The maximum Gasteiger partial charge on any atom is 0.255 e. The van der Waals surface area contributed by atoms with E-state index in [-0.39, 0.29) is 11.8 Å². The summed E-state index contributed by atoms with van der Waals surface area (Å²) >= 11 is 0. The summed E-state index contributed by atoms with van der Waals surface area (Å²) in [6.45, 7) is 8.00. The van der Waals surface area contributed by atoms with Crippen LogP contribution in [0.25, 0.3) is 16.8 Å². The normalized spacial score (nSPS) is 13.4. The minimum Gasteiger partial charge on any atom is -0.378 e. The van der Waals surface area contributed by atoms with Gasteiger partial charge in [-0.25, -0.2) is 9.97 Å². The fraction of sp³-hybridized carbons (Fsp3) is 0.355. The zero-order valence-corrected chi connectivity index (χ0v) is 23.2. The third kappa shape index (κ3) is 6.31. The number of unbranched alkanes of at least 4 members (excludes halogenated alkanes) is 1. The zero-order chi connectivity index (χ0) is 27.9. The van der Waals surface area contributed by atoms with Crippen LogP contribution in [-0.4, -0.2) is 75.4 Å². The van der Waals surface area contributed by atoms with Crippen molar-refractivity contribution in [2.24, 2.45) is 0 Å². The van der Waals surface area contributed by atoms with Crippen molar-refractivity contribution in [2.75, 3.05) is 44.7 Å². The summed E-state index contributed by atoms with van der Waals surface area (Å²) in [5.74, 6) is 0.736. The number of carbonyl (C=O) groups excluding carboxylic acids is 2. The smallest absolute Gasteiger partial charge is 0.255 e. The summed E-state index contributed by atoms with van der Waals surface area (Å²) in [7, 11) is 0. The number of amides is 2. The van der Waals surface area contributed by atoms with Gasteiger partial charge in [-0.1, -0.05) is 37.6 Å². The quantitative estimate of drug-likeness (QED) is 0.311. The highest BCUT2D eigenvalue weighted by molar-refractivity contribution is 5.94. The number of anilines is 2. The zero-order valence-electron chi connectivity index (χ0n) is 23.2. The summed E-state index contributed by atoms with van der Waals surface area (Å²) in [6.07, 6.45) is 9.76. The predicted molar refractivity (Wildman–Crippen MR) is 156 cm³/mol. The number of fused-ring (bicyclic) bond motifs is 1. The second-order valence-corrected chi connectivity index (χ2v) is 9.97. The van der Waals surface area contributed by atoms with Gasteiger partial charge in [-0.15, -0.1) is 0 Å². The average Bonchev–Trinajstić information content (AvgIpc) is 3.47. The van der Waals surface area contributed by atoms with Crippen LogP contribution in [0.2, 0.25) is 0 Å². The minimum atomic E-state index is -0.0363. The van der Waals surface area contributed by atoms with Gasteiger partial charge in [0.2, 0.25) is 5.91 Å². The van der Waals surface area contributed by atoms with E-state index >= 15 is 0 Å². The van der Waals surface area contributed by atoms with Crippen molar-refractivity contribution >= 4 is 29.0 Å². The number of morpholine rings is 1. The first-order chi connectivity index (χ1) is 19.6. The molecule has 2 amide bonds. The number of pyridine rings is 2. The summed E-state index contributed by atoms with van der Waals surface area (Å²) in [6, 6.07) is 13.8. The molecule has 0 unspecified atom stereocenters. The van der Waals surface area contributed by atoms with Gasteiger partial charge in [0.25, 0.3) is 5.91 Å². The first kappa shape index (κ1) is 27.3. The second-order valence-electron chi connectivity index (χ2n) is 9.97. The second kappa shape index (κ2) is 12.7. The van der Waals surface area contributed by atoms with Gasteiger partial charge in [-0.3, -0.25) is 9.59 Å². The van der Waals surface area contributed by atoms with Crippen LogP contribution in [0.3, 0.4) is 0 Å². The number of rotatable bonds is 10. The molecule has 1 saturated heterocycles. The van der Waals surface area contributed by atoms with Crippen LogP contribution in [0.15, 0.2) is 67.3 Å². The molecule has 0 aliphatic carbocycles. The van der Waals surface area contributed by atoms with E-state index in [0.717, 1.165) is 54.0 Å². The Kier molecular flexibility index (Phi) is 8.71. The number of hydrogen-bond acceptors (Lipinski definition) is 6. The highest BCUT2D eigenvalue weighted by atomic mass is 16.5. The molecule has 0 saturated carbocycles. The number of likely N-dealkylation sites (N-methyl/N-ethyl adjacent to an activating group) is 1. The molecule has 1 aromatic carbocycles. The Balaban J connectivity index is 1.35. The number of aromatic nitrogens is 3. The summed E-state index contributed by atoms with van der Waals surface area (Å²) in [4.78, 5) is 38.4. The number of ether oxygens (including phenoxy) is 1. The first-order valence-electron chi connectivity index (χ1n) is 14.0. The fourth-order valence-corrected chi connectivity index (χ4v) is 4.92. The van der Waals surface area contributed by atoms with E-state index in [0.29, 0.717) is 44.1 Å². The van der Waals surface area contributed by atoms with Crippen LogP contribution in [0.1, 0.15) is 42.6 Å². The van der Waals surface area contributed by atoms with E-state index in [4.69, 9.17) is 4.74 Å². The predicted octanol–water partition coefficient (Wildman–Crippen LogP) is 4.80. The van der Waals surface area contributed by atoms with Crippen molar-refractivity contribution in [2.45, 2.75) is 33.1 Å². The Morgan fingerprint density at radius 2 is 1.90 bits per heavy atom. The molecule has 9 nitrogen and oxygen atoms in total. The van der Waals surface area contributed by atoms with Crippen LogP contribution in [-0.2, 0) is 16.0 Å². The molecule has 208 valence electrons. The Bertz CT molecular complexity index is 1460. The molecular formula is C31H36N6O3. The van der Waals surface area contributed by atoms with Crippen LogP contribution in [0, 0.1) is 0 Å². The lowest BCUT2D eigenvalue weighted by molar-refractivity contribution is -0.130. The Morgan fingerprint density at radius 1 is 1.05 bits per heavy atom. The number of imidazole rings is 1.